The first kappa shape index (κ1) is 18.2. The number of rotatable bonds is 4. The van der Waals surface area contributed by atoms with E-state index in [1.165, 1.54) is 28.9 Å². The number of hydrogen-bond donors (Lipinski definition) is 1. The van der Waals surface area contributed by atoms with Crippen molar-refractivity contribution >= 4 is 45.8 Å². The summed E-state index contributed by atoms with van der Waals surface area (Å²) in [5, 5.41) is 12.4. The molecule has 10 heteroatoms. The van der Waals surface area contributed by atoms with E-state index >= 15 is 0 Å². The van der Waals surface area contributed by atoms with Crippen molar-refractivity contribution in [2.45, 2.75) is 12.5 Å². The summed E-state index contributed by atoms with van der Waals surface area (Å²) in [5.74, 6) is -0.358. The predicted molar refractivity (Wildman–Crippen MR) is 101 cm³/mol. The van der Waals surface area contributed by atoms with Gasteiger partial charge in [0.05, 0.1) is 16.3 Å². The number of carbonyl (C=O) groups is 1. The Labute approximate surface area is 158 Å². The Kier molecular flexibility index (Phi) is 4.84. The third-order valence-electron chi connectivity index (χ3n) is 3.85. The molecule has 1 aliphatic heterocycles. The molecule has 0 spiro atoms. The van der Waals surface area contributed by atoms with Gasteiger partial charge < -0.3 is 0 Å². The minimum Gasteiger partial charge on any atom is -0.289 e. The van der Waals surface area contributed by atoms with Crippen molar-refractivity contribution < 1.29 is 9.72 Å². The van der Waals surface area contributed by atoms with Crippen molar-refractivity contribution in [2.24, 2.45) is 4.99 Å². The second kappa shape index (κ2) is 6.93. The molecule has 1 N–H and O–H groups in total. The number of nitrogens with one attached hydrogen (secondary N) is 1. The highest BCUT2D eigenvalue weighted by molar-refractivity contribution is 8.13. The van der Waals surface area contributed by atoms with E-state index in [0.29, 0.717) is 5.17 Å². The average Bonchev–Trinajstić information content (AvgIpc) is 2.88. The van der Waals surface area contributed by atoms with E-state index in [-0.39, 0.29) is 22.4 Å². The molecule has 8 nitrogen and oxygen atoms in total. The van der Waals surface area contributed by atoms with E-state index in [4.69, 9.17) is 11.6 Å². The van der Waals surface area contributed by atoms with Crippen molar-refractivity contribution in [3.63, 3.8) is 0 Å². The second-order valence-corrected chi connectivity index (χ2v) is 6.68. The lowest BCUT2D eigenvalue weighted by molar-refractivity contribution is -0.385. The number of hydrazine groups is 1. The smallest absolute Gasteiger partial charge is 0.289 e. The summed E-state index contributed by atoms with van der Waals surface area (Å²) in [6.45, 7) is 1.60. The molecule has 0 saturated carbocycles. The first-order valence-corrected chi connectivity index (χ1v) is 9.08. The average molecular weight is 392 g/mol. The SMILES string of the molecule is CSC1=NC(C)(c2ccc([N+](=O)[O-])c(Cl)n2)C(=O)N1Nc1ccccc1. The highest BCUT2D eigenvalue weighted by atomic mass is 35.5. The van der Waals surface area contributed by atoms with E-state index in [1.807, 2.05) is 30.3 Å². The van der Waals surface area contributed by atoms with Gasteiger partial charge in [-0.2, -0.15) is 5.01 Å². The van der Waals surface area contributed by atoms with Gasteiger partial charge in [0.1, 0.15) is 0 Å². The number of aromatic nitrogens is 1. The molecule has 1 aromatic heterocycles. The van der Waals surface area contributed by atoms with Crippen LogP contribution in [-0.4, -0.2) is 32.2 Å². The molecular weight excluding hydrogens is 378 g/mol. The molecule has 2 heterocycles. The first-order valence-electron chi connectivity index (χ1n) is 7.48. The first-order chi connectivity index (χ1) is 12.4. The van der Waals surface area contributed by atoms with Crippen LogP contribution in [-0.2, 0) is 10.3 Å². The lowest BCUT2D eigenvalue weighted by atomic mass is 9.97. The molecule has 134 valence electrons. The molecule has 0 aliphatic carbocycles. The molecule has 1 atom stereocenters. The van der Waals surface area contributed by atoms with Gasteiger partial charge in [0.15, 0.2) is 10.7 Å². The fraction of sp³-hybridized carbons (Fsp3) is 0.188. The van der Waals surface area contributed by atoms with Crippen molar-refractivity contribution in [3.05, 3.63) is 63.4 Å². The molecule has 2 aromatic rings. The van der Waals surface area contributed by atoms with Crippen LogP contribution < -0.4 is 5.43 Å². The molecular formula is C16H14ClN5O3S. The number of nitro groups is 1. The molecule has 1 amide bonds. The minimum atomic E-state index is -1.33. The summed E-state index contributed by atoms with van der Waals surface area (Å²) in [5.41, 5.74) is 2.33. The van der Waals surface area contributed by atoms with E-state index < -0.39 is 10.5 Å². The summed E-state index contributed by atoms with van der Waals surface area (Å²) in [6.07, 6.45) is 1.80. The number of aliphatic imine (C=N–C) groups is 1. The van der Waals surface area contributed by atoms with Crippen LogP contribution in [0.15, 0.2) is 47.5 Å². The summed E-state index contributed by atoms with van der Waals surface area (Å²) in [7, 11) is 0. The number of anilines is 1. The van der Waals surface area contributed by atoms with Crippen LogP contribution in [0.5, 0.6) is 0 Å². The maximum Gasteiger partial charge on any atom is 0.306 e. The van der Waals surface area contributed by atoms with Gasteiger partial charge in [0.25, 0.3) is 5.91 Å². The standard InChI is InChI=1S/C16H14ClN5O3S/c1-16(12-9-8-11(22(24)25)13(17)18-12)14(23)21(15(19-16)26-2)20-10-6-4-3-5-7-10/h3-9,20H,1-2H3. The number of carbonyl (C=O) groups excluding carboxylic acids is 1. The maximum atomic E-state index is 13.1. The van der Waals surface area contributed by atoms with Crippen LogP contribution in [0.4, 0.5) is 11.4 Å². The van der Waals surface area contributed by atoms with Crippen molar-refractivity contribution in [3.8, 4) is 0 Å². The molecule has 0 bridgehead atoms. The van der Waals surface area contributed by atoms with Crippen molar-refractivity contribution in [1.29, 1.82) is 0 Å². The molecule has 1 aliphatic rings. The number of para-hydroxylation sites is 1. The third-order valence-corrected chi connectivity index (χ3v) is 4.77. The number of hydrogen-bond acceptors (Lipinski definition) is 7. The highest BCUT2D eigenvalue weighted by Crippen LogP contribution is 2.36. The fourth-order valence-electron chi connectivity index (χ4n) is 2.47. The van der Waals surface area contributed by atoms with Crippen molar-refractivity contribution in [1.82, 2.24) is 9.99 Å². The van der Waals surface area contributed by atoms with Crippen LogP contribution in [0.25, 0.3) is 0 Å². The maximum absolute atomic E-state index is 13.1. The number of halogens is 1. The zero-order valence-electron chi connectivity index (χ0n) is 13.8. The Morgan fingerprint density at radius 3 is 2.54 bits per heavy atom. The van der Waals surface area contributed by atoms with E-state index in [2.05, 4.69) is 15.4 Å². The Morgan fingerprint density at radius 1 is 1.27 bits per heavy atom. The number of pyridine rings is 1. The van der Waals surface area contributed by atoms with Crippen LogP contribution in [0.2, 0.25) is 5.15 Å². The molecule has 0 radical (unpaired) electrons. The summed E-state index contributed by atoms with van der Waals surface area (Å²) in [4.78, 5) is 31.9. The Balaban J connectivity index is 1.97. The van der Waals surface area contributed by atoms with Gasteiger partial charge in [-0.3, -0.25) is 20.3 Å². The van der Waals surface area contributed by atoms with Gasteiger partial charge in [-0.05, 0) is 31.4 Å². The lowest BCUT2D eigenvalue weighted by Crippen LogP contribution is -2.42. The van der Waals surface area contributed by atoms with Crippen LogP contribution in [0.3, 0.4) is 0 Å². The van der Waals surface area contributed by atoms with Gasteiger partial charge in [0, 0.05) is 6.07 Å². The zero-order chi connectivity index (χ0) is 18.9. The summed E-state index contributed by atoms with van der Waals surface area (Å²) >= 11 is 7.20. The van der Waals surface area contributed by atoms with Gasteiger partial charge in [-0.15, -0.1) is 0 Å². The number of thioether (sulfide) groups is 1. The zero-order valence-corrected chi connectivity index (χ0v) is 15.4. The molecule has 1 aromatic carbocycles. The van der Waals surface area contributed by atoms with Crippen LogP contribution in [0, 0.1) is 10.1 Å². The minimum absolute atomic E-state index is 0.238. The van der Waals surface area contributed by atoms with E-state index in [0.717, 1.165) is 5.69 Å². The summed E-state index contributed by atoms with van der Waals surface area (Å²) < 4.78 is 0. The van der Waals surface area contributed by atoms with E-state index in [9.17, 15) is 14.9 Å². The van der Waals surface area contributed by atoms with Gasteiger partial charge in [-0.1, -0.05) is 41.6 Å². The molecule has 3 rings (SSSR count). The van der Waals surface area contributed by atoms with Crippen LogP contribution >= 0.6 is 23.4 Å². The molecule has 0 fully saturated rings. The number of nitrogens with zero attached hydrogens (tertiary/aromatic N) is 4. The number of amidine groups is 1. The van der Waals surface area contributed by atoms with Gasteiger partial charge in [-0.25, -0.2) is 9.98 Å². The predicted octanol–water partition coefficient (Wildman–Crippen LogP) is 3.45. The van der Waals surface area contributed by atoms with Crippen LogP contribution in [0.1, 0.15) is 12.6 Å². The van der Waals surface area contributed by atoms with Crippen molar-refractivity contribution in [2.75, 3.05) is 11.7 Å². The topological polar surface area (TPSA) is 101 Å². The Hall–Kier alpha value is -2.65. The second-order valence-electron chi connectivity index (χ2n) is 5.55. The highest BCUT2D eigenvalue weighted by Gasteiger charge is 2.48. The third kappa shape index (κ3) is 3.11. The fourth-order valence-corrected chi connectivity index (χ4v) is 3.28. The monoisotopic (exact) mass is 391 g/mol. The number of amides is 1. The van der Waals surface area contributed by atoms with Gasteiger partial charge in [0.2, 0.25) is 5.15 Å². The van der Waals surface area contributed by atoms with E-state index in [1.54, 1.807) is 13.2 Å². The number of benzene rings is 1. The quantitative estimate of drug-likeness (QED) is 0.486. The Morgan fingerprint density at radius 2 is 1.96 bits per heavy atom. The molecule has 0 saturated heterocycles. The normalized spacial score (nSPS) is 19.4. The lowest BCUT2D eigenvalue weighted by Gasteiger charge is -2.23. The van der Waals surface area contributed by atoms with Gasteiger partial charge >= 0.3 is 5.69 Å². The molecule has 1 unspecified atom stereocenters. The molecule has 26 heavy (non-hydrogen) atoms. The Bertz CT molecular complexity index is 908. The summed E-state index contributed by atoms with van der Waals surface area (Å²) in [6, 6.07) is 11.8. The largest absolute Gasteiger partial charge is 0.306 e.